The zero-order chi connectivity index (χ0) is 18.5. The Morgan fingerprint density at radius 2 is 1.85 bits per heavy atom. The van der Waals surface area contributed by atoms with Gasteiger partial charge in [0.15, 0.2) is 5.43 Å². The molecule has 0 aliphatic carbocycles. The van der Waals surface area contributed by atoms with Crippen LogP contribution < -0.4 is 10.2 Å². The summed E-state index contributed by atoms with van der Waals surface area (Å²) in [6.07, 6.45) is 0. The van der Waals surface area contributed by atoms with Crippen LogP contribution in [0.4, 0.5) is 0 Å². The number of hydrogen-bond donors (Lipinski definition) is 1. The molecule has 0 unspecified atom stereocenters. The van der Waals surface area contributed by atoms with Gasteiger partial charge in [0.05, 0.1) is 17.6 Å². The normalized spacial score (nSPS) is 10.8. The first-order valence-electron chi connectivity index (χ1n) is 8.20. The Bertz CT molecular complexity index is 972. The molecule has 0 radical (unpaired) electrons. The summed E-state index contributed by atoms with van der Waals surface area (Å²) in [6, 6.07) is 12.8. The molecule has 26 heavy (non-hydrogen) atoms. The summed E-state index contributed by atoms with van der Waals surface area (Å²) in [5.41, 5.74) is 0.825. The van der Waals surface area contributed by atoms with Crippen molar-refractivity contribution in [3.05, 3.63) is 64.3 Å². The van der Waals surface area contributed by atoms with Crippen molar-refractivity contribution in [2.24, 2.45) is 0 Å². The van der Waals surface area contributed by atoms with E-state index in [4.69, 9.17) is 19.0 Å². The molecule has 0 aliphatic rings. The topological polar surface area (TPSA) is 86.0 Å². The molecule has 6 nitrogen and oxygen atoms in total. The Morgan fingerprint density at radius 1 is 1.08 bits per heavy atom. The predicted molar refractivity (Wildman–Crippen MR) is 96.9 cm³/mol. The van der Waals surface area contributed by atoms with Crippen LogP contribution in [0.2, 0.25) is 0 Å². The molecule has 0 saturated heterocycles. The van der Waals surface area contributed by atoms with Crippen molar-refractivity contribution in [3.8, 4) is 17.1 Å². The summed E-state index contributed by atoms with van der Waals surface area (Å²) >= 11 is 0. The molecule has 0 aliphatic heterocycles. The average molecular weight is 354 g/mol. The largest absolute Gasteiger partial charge is 0.491 e. The highest BCUT2D eigenvalue weighted by molar-refractivity contribution is 5.93. The van der Waals surface area contributed by atoms with E-state index in [1.54, 1.807) is 24.3 Å². The zero-order valence-corrected chi connectivity index (χ0v) is 14.2. The molecule has 1 aromatic heterocycles. The van der Waals surface area contributed by atoms with Crippen molar-refractivity contribution in [3.63, 3.8) is 0 Å². The molecule has 0 atom stereocenters. The molecule has 134 valence electrons. The number of carboxylic acids is 1. The number of aromatic carboxylic acids is 1. The Kier molecular flexibility index (Phi) is 5.34. The Labute approximate surface area is 149 Å². The van der Waals surface area contributed by atoms with E-state index in [0.29, 0.717) is 36.9 Å². The summed E-state index contributed by atoms with van der Waals surface area (Å²) in [5.74, 6) is 0.0180. The van der Waals surface area contributed by atoms with Crippen LogP contribution in [0.25, 0.3) is 22.3 Å². The van der Waals surface area contributed by atoms with Gasteiger partial charge in [0.25, 0.3) is 0 Å². The van der Waals surface area contributed by atoms with Gasteiger partial charge >= 0.3 is 5.97 Å². The van der Waals surface area contributed by atoms with Crippen LogP contribution in [-0.2, 0) is 4.74 Å². The van der Waals surface area contributed by atoms with Crippen LogP contribution in [-0.4, -0.2) is 30.9 Å². The third-order valence-corrected chi connectivity index (χ3v) is 3.81. The van der Waals surface area contributed by atoms with Crippen LogP contribution in [0.5, 0.6) is 5.75 Å². The molecule has 0 saturated carbocycles. The monoisotopic (exact) mass is 354 g/mol. The summed E-state index contributed by atoms with van der Waals surface area (Å²) in [5, 5.41) is 9.27. The minimum atomic E-state index is -1.09. The third kappa shape index (κ3) is 3.92. The second-order valence-electron chi connectivity index (χ2n) is 5.56. The molecule has 0 spiro atoms. The lowest BCUT2D eigenvalue weighted by Crippen LogP contribution is -2.06. The maximum Gasteiger partial charge on any atom is 0.335 e. The lowest BCUT2D eigenvalue weighted by molar-refractivity contribution is 0.0697. The van der Waals surface area contributed by atoms with Gasteiger partial charge in [-0.3, -0.25) is 4.79 Å². The van der Waals surface area contributed by atoms with Gasteiger partial charge in [-0.2, -0.15) is 0 Å². The molecular formula is C20H18O6. The van der Waals surface area contributed by atoms with Crippen LogP contribution >= 0.6 is 0 Å². The van der Waals surface area contributed by atoms with Gasteiger partial charge in [-0.05, 0) is 49.4 Å². The highest BCUT2D eigenvalue weighted by Crippen LogP contribution is 2.25. The molecule has 0 amide bonds. The van der Waals surface area contributed by atoms with E-state index in [9.17, 15) is 9.59 Å². The van der Waals surface area contributed by atoms with Gasteiger partial charge in [-0.25, -0.2) is 4.79 Å². The van der Waals surface area contributed by atoms with Gasteiger partial charge in [0.1, 0.15) is 23.7 Å². The lowest BCUT2D eigenvalue weighted by atomic mass is 10.1. The lowest BCUT2D eigenvalue weighted by Gasteiger charge is -2.08. The average Bonchev–Trinajstić information content (AvgIpc) is 2.65. The van der Waals surface area contributed by atoms with E-state index in [2.05, 4.69) is 0 Å². The maximum absolute atomic E-state index is 12.3. The standard InChI is InChI=1S/C20H18O6/c1-2-24-9-10-25-15-6-3-13(4-7-15)19-12-17(21)16-11-14(20(22)23)5-8-18(16)26-19/h3-8,11-12H,2,9-10H2,1H3,(H,22,23). The molecule has 2 aromatic carbocycles. The molecule has 6 heteroatoms. The molecule has 0 fully saturated rings. The second-order valence-corrected chi connectivity index (χ2v) is 5.56. The highest BCUT2D eigenvalue weighted by atomic mass is 16.5. The van der Waals surface area contributed by atoms with E-state index in [0.717, 1.165) is 5.56 Å². The van der Waals surface area contributed by atoms with E-state index in [-0.39, 0.29) is 16.4 Å². The Morgan fingerprint density at radius 3 is 2.54 bits per heavy atom. The first kappa shape index (κ1) is 17.7. The summed E-state index contributed by atoms with van der Waals surface area (Å²) in [6.45, 7) is 3.56. The van der Waals surface area contributed by atoms with E-state index < -0.39 is 5.97 Å². The van der Waals surface area contributed by atoms with E-state index >= 15 is 0 Å². The van der Waals surface area contributed by atoms with Gasteiger partial charge in [-0.15, -0.1) is 0 Å². The SMILES string of the molecule is CCOCCOc1ccc(-c2cc(=O)c3cc(C(=O)O)ccc3o2)cc1. The predicted octanol–water partition coefficient (Wildman–Crippen LogP) is 3.57. The second kappa shape index (κ2) is 7.84. The van der Waals surface area contributed by atoms with Crippen molar-refractivity contribution in [1.29, 1.82) is 0 Å². The zero-order valence-electron chi connectivity index (χ0n) is 14.2. The fourth-order valence-electron chi connectivity index (χ4n) is 2.51. The van der Waals surface area contributed by atoms with Crippen LogP contribution in [0, 0.1) is 0 Å². The fraction of sp³-hybridized carbons (Fsp3) is 0.200. The van der Waals surface area contributed by atoms with Gasteiger partial charge < -0.3 is 19.0 Å². The number of fused-ring (bicyclic) bond motifs is 1. The Hall–Kier alpha value is -3.12. The minimum absolute atomic E-state index is 0.0473. The maximum atomic E-state index is 12.3. The minimum Gasteiger partial charge on any atom is -0.491 e. The number of ether oxygens (including phenoxy) is 2. The van der Waals surface area contributed by atoms with E-state index in [1.807, 2.05) is 6.92 Å². The first-order chi connectivity index (χ1) is 12.6. The number of carbonyl (C=O) groups is 1. The van der Waals surface area contributed by atoms with Gasteiger partial charge in [-0.1, -0.05) is 0 Å². The van der Waals surface area contributed by atoms with Crippen LogP contribution in [0.1, 0.15) is 17.3 Å². The molecule has 3 rings (SSSR count). The fourth-order valence-corrected chi connectivity index (χ4v) is 2.51. The molecule has 1 heterocycles. The van der Waals surface area contributed by atoms with Gasteiger partial charge in [0, 0.05) is 18.2 Å². The number of benzene rings is 2. The van der Waals surface area contributed by atoms with Crippen molar-refractivity contribution in [1.82, 2.24) is 0 Å². The van der Waals surface area contributed by atoms with Crippen LogP contribution in [0.3, 0.4) is 0 Å². The van der Waals surface area contributed by atoms with Crippen molar-refractivity contribution in [2.45, 2.75) is 6.92 Å². The van der Waals surface area contributed by atoms with Crippen molar-refractivity contribution in [2.75, 3.05) is 19.8 Å². The number of hydrogen-bond acceptors (Lipinski definition) is 5. The van der Waals surface area contributed by atoms with Crippen molar-refractivity contribution < 1.29 is 23.8 Å². The summed E-state index contributed by atoms with van der Waals surface area (Å²) < 4.78 is 16.5. The molecular weight excluding hydrogens is 336 g/mol. The highest BCUT2D eigenvalue weighted by Gasteiger charge is 2.10. The number of carboxylic acid groups (broad SMARTS) is 1. The summed E-state index contributed by atoms with van der Waals surface area (Å²) in [4.78, 5) is 23.4. The molecule has 3 aromatic rings. The number of rotatable bonds is 7. The van der Waals surface area contributed by atoms with Gasteiger partial charge in [0.2, 0.25) is 0 Å². The molecule has 1 N–H and O–H groups in total. The third-order valence-electron chi connectivity index (χ3n) is 3.81. The quantitative estimate of drug-likeness (QED) is 0.653. The molecule has 0 bridgehead atoms. The van der Waals surface area contributed by atoms with E-state index in [1.165, 1.54) is 24.3 Å². The smallest absolute Gasteiger partial charge is 0.335 e. The Balaban J connectivity index is 1.85. The first-order valence-corrected chi connectivity index (χ1v) is 8.20. The summed E-state index contributed by atoms with van der Waals surface area (Å²) in [7, 11) is 0. The van der Waals surface area contributed by atoms with Crippen LogP contribution in [0.15, 0.2) is 57.7 Å². The van der Waals surface area contributed by atoms with Crippen molar-refractivity contribution >= 4 is 16.9 Å².